The molecular formula is C16H6F5N3O3S. The molecule has 3 aromatic rings. The Balaban J connectivity index is 1.90. The van der Waals surface area contributed by atoms with Gasteiger partial charge in [-0.1, -0.05) is 12.1 Å². The third-order valence-electron chi connectivity index (χ3n) is 3.51. The summed E-state index contributed by atoms with van der Waals surface area (Å²) in [6.45, 7) is 0. The molecule has 1 heterocycles. The highest BCUT2D eigenvalue weighted by molar-refractivity contribution is 7.14. The van der Waals surface area contributed by atoms with Gasteiger partial charge in [0.2, 0.25) is 5.82 Å². The maximum atomic E-state index is 13.7. The van der Waals surface area contributed by atoms with E-state index in [0.29, 0.717) is 5.56 Å². The molecule has 144 valence electrons. The number of benzene rings is 2. The first kappa shape index (κ1) is 19.4. The van der Waals surface area contributed by atoms with Gasteiger partial charge in [0.15, 0.2) is 28.4 Å². The summed E-state index contributed by atoms with van der Waals surface area (Å²) < 4.78 is 66.9. The van der Waals surface area contributed by atoms with Crippen molar-refractivity contribution in [1.82, 2.24) is 4.98 Å². The number of nitrogens with zero attached hydrogens (tertiary/aromatic N) is 2. The van der Waals surface area contributed by atoms with Crippen molar-refractivity contribution in [1.29, 1.82) is 0 Å². The fourth-order valence-corrected chi connectivity index (χ4v) is 2.92. The van der Waals surface area contributed by atoms with E-state index >= 15 is 0 Å². The number of amides is 1. The van der Waals surface area contributed by atoms with Gasteiger partial charge >= 0.3 is 0 Å². The topological polar surface area (TPSA) is 85.1 Å². The van der Waals surface area contributed by atoms with Crippen LogP contribution in [0.4, 0.5) is 32.8 Å². The highest BCUT2D eigenvalue weighted by Gasteiger charge is 2.30. The van der Waals surface area contributed by atoms with Crippen LogP contribution in [0.5, 0.6) is 0 Å². The Kier molecular flexibility index (Phi) is 5.05. The van der Waals surface area contributed by atoms with Crippen molar-refractivity contribution >= 4 is 28.1 Å². The molecule has 1 amide bonds. The van der Waals surface area contributed by atoms with Crippen molar-refractivity contribution in [2.75, 3.05) is 5.32 Å². The number of thiazole rings is 1. The molecule has 0 spiro atoms. The summed E-state index contributed by atoms with van der Waals surface area (Å²) in [5.41, 5.74) is -1.34. The van der Waals surface area contributed by atoms with Gasteiger partial charge in [-0.2, -0.15) is 0 Å². The van der Waals surface area contributed by atoms with Gasteiger partial charge in [-0.05, 0) is 0 Å². The van der Waals surface area contributed by atoms with Crippen LogP contribution in [0.1, 0.15) is 10.4 Å². The largest absolute Gasteiger partial charge is 0.298 e. The summed E-state index contributed by atoms with van der Waals surface area (Å²) in [4.78, 5) is 26.1. The zero-order valence-corrected chi connectivity index (χ0v) is 14.1. The van der Waals surface area contributed by atoms with Gasteiger partial charge in [-0.25, -0.2) is 26.9 Å². The second-order valence-electron chi connectivity index (χ2n) is 5.24. The van der Waals surface area contributed by atoms with Crippen molar-refractivity contribution in [3.63, 3.8) is 0 Å². The van der Waals surface area contributed by atoms with Crippen LogP contribution in [0.15, 0.2) is 29.6 Å². The summed E-state index contributed by atoms with van der Waals surface area (Å²) in [5.74, 6) is -13.0. The summed E-state index contributed by atoms with van der Waals surface area (Å²) >= 11 is 0.786. The van der Waals surface area contributed by atoms with Crippen molar-refractivity contribution in [2.24, 2.45) is 0 Å². The van der Waals surface area contributed by atoms with E-state index < -0.39 is 45.5 Å². The van der Waals surface area contributed by atoms with Crippen LogP contribution < -0.4 is 5.32 Å². The molecule has 0 aliphatic heterocycles. The minimum Gasteiger partial charge on any atom is -0.298 e. The molecule has 0 bridgehead atoms. The Morgan fingerprint density at radius 3 is 2.25 bits per heavy atom. The third-order valence-corrected chi connectivity index (χ3v) is 4.27. The summed E-state index contributed by atoms with van der Waals surface area (Å²) in [7, 11) is 0. The first-order valence-corrected chi connectivity index (χ1v) is 8.11. The van der Waals surface area contributed by atoms with Gasteiger partial charge in [-0.3, -0.25) is 20.2 Å². The van der Waals surface area contributed by atoms with Crippen LogP contribution in [0.25, 0.3) is 11.3 Å². The minimum atomic E-state index is -2.38. The van der Waals surface area contributed by atoms with Gasteiger partial charge in [0.05, 0.1) is 10.6 Å². The number of aromatic nitrogens is 1. The molecule has 0 saturated carbocycles. The summed E-state index contributed by atoms with van der Waals surface area (Å²) in [6, 6.07) is 5.37. The van der Waals surface area contributed by atoms with Gasteiger partial charge in [0, 0.05) is 23.1 Å². The highest BCUT2D eigenvalue weighted by Crippen LogP contribution is 2.29. The number of hydrogen-bond acceptors (Lipinski definition) is 5. The monoisotopic (exact) mass is 415 g/mol. The summed E-state index contributed by atoms with van der Waals surface area (Å²) in [5, 5.41) is 13.9. The maximum absolute atomic E-state index is 13.7. The molecule has 0 aliphatic carbocycles. The lowest BCUT2D eigenvalue weighted by molar-refractivity contribution is -0.384. The van der Waals surface area contributed by atoms with Crippen molar-refractivity contribution < 1.29 is 31.7 Å². The smallest absolute Gasteiger partial charge is 0.270 e. The summed E-state index contributed by atoms with van der Waals surface area (Å²) in [6.07, 6.45) is 0. The molecule has 3 rings (SSSR count). The molecule has 2 aromatic carbocycles. The maximum Gasteiger partial charge on any atom is 0.270 e. The molecule has 1 aromatic heterocycles. The van der Waals surface area contributed by atoms with Crippen LogP contribution >= 0.6 is 11.3 Å². The lowest BCUT2D eigenvalue weighted by atomic mass is 10.1. The number of non-ortho nitro benzene ring substituents is 1. The quantitative estimate of drug-likeness (QED) is 0.221. The van der Waals surface area contributed by atoms with E-state index in [1.165, 1.54) is 29.6 Å². The molecule has 0 atom stereocenters. The Morgan fingerprint density at radius 1 is 1.04 bits per heavy atom. The molecule has 0 unspecified atom stereocenters. The molecule has 0 radical (unpaired) electrons. The van der Waals surface area contributed by atoms with E-state index in [9.17, 15) is 36.9 Å². The van der Waals surface area contributed by atoms with Crippen molar-refractivity contribution in [3.8, 4) is 11.3 Å². The number of halogens is 5. The Bertz CT molecular complexity index is 1090. The molecule has 0 saturated heterocycles. The first-order chi connectivity index (χ1) is 13.2. The van der Waals surface area contributed by atoms with E-state index in [1.54, 1.807) is 0 Å². The van der Waals surface area contributed by atoms with Crippen LogP contribution in [0.3, 0.4) is 0 Å². The zero-order chi connectivity index (χ0) is 20.6. The molecule has 1 N–H and O–H groups in total. The van der Waals surface area contributed by atoms with Crippen LogP contribution in [0.2, 0.25) is 0 Å². The molecule has 0 fully saturated rings. The lowest BCUT2D eigenvalue weighted by Crippen LogP contribution is -2.19. The van der Waals surface area contributed by atoms with E-state index in [2.05, 4.69) is 4.98 Å². The van der Waals surface area contributed by atoms with E-state index in [0.717, 1.165) is 11.3 Å². The van der Waals surface area contributed by atoms with Crippen LogP contribution in [-0.2, 0) is 0 Å². The average molecular weight is 415 g/mol. The third kappa shape index (κ3) is 3.41. The number of nitrogens with one attached hydrogen (secondary N) is 1. The molecule has 0 aliphatic rings. The standard InChI is InChI=1S/C16H6F5N3O3S/c17-10-9(11(18)13(20)14(21)12(10)19)15(25)23-16-22-8(5-28-16)6-2-1-3-7(4-6)24(26)27/h1-5H,(H,22,23,25). The van der Waals surface area contributed by atoms with Gasteiger partial charge in [0.25, 0.3) is 11.6 Å². The minimum absolute atomic E-state index is 0.196. The van der Waals surface area contributed by atoms with Crippen LogP contribution in [0, 0.1) is 39.2 Å². The zero-order valence-electron chi connectivity index (χ0n) is 13.3. The van der Waals surface area contributed by atoms with Gasteiger partial charge < -0.3 is 0 Å². The number of nitro benzene ring substituents is 1. The van der Waals surface area contributed by atoms with Crippen molar-refractivity contribution in [2.45, 2.75) is 0 Å². The normalized spacial score (nSPS) is 10.8. The lowest BCUT2D eigenvalue weighted by Gasteiger charge is -2.07. The Morgan fingerprint density at radius 2 is 1.64 bits per heavy atom. The second kappa shape index (κ2) is 7.31. The Labute approximate surface area is 156 Å². The average Bonchev–Trinajstić information content (AvgIpc) is 3.13. The van der Waals surface area contributed by atoms with E-state index in [1.807, 2.05) is 5.32 Å². The predicted molar refractivity (Wildman–Crippen MR) is 88.4 cm³/mol. The van der Waals surface area contributed by atoms with E-state index in [4.69, 9.17) is 0 Å². The molecule has 12 heteroatoms. The fraction of sp³-hybridized carbons (Fsp3) is 0. The number of nitro groups is 1. The second-order valence-corrected chi connectivity index (χ2v) is 6.10. The number of rotatable bonds is 4. The highest BCUT2D eigenvalue weighted by atomic mass is 32.1. The SMILES string of the molecule is O=C(Nc1nc(-c2cccc([N+](=O)[O-])c2)cs1)c1c(F)c(F)c(F)c(F)c1F. The number of carbonyl (C=O) groups excluding carboxylic acids is 1. The van der Waals surface area contributed by atoms with Gasteiger partial charge in [-0.15, -0.1) is 11.3 Å². The van der Waals surface area contributed by atoms with Crippen LogP contribution in [-0.4, -0.2) is 15.8 Å². The number of carbonyl (C=O) groups is 1. The fourth-order valence-electron chi connectivity index (χ4n) is 2.21. The number of hydrogen-bond donors (Lipinski definition) is 1. The number of anilines is 1. The first-order valence-electron chi connectivity index (χ1n) is 7.23. The molecule has 28 heavy (non-hydrogen) atoms. The van der Waals surface area contributed by atoms with E-state index in [-0.39, 0.29) is 16.5 Å². The molecule has 6 nitrogen and oxygen atoms in total. The molecular weight excluding hydrogens is 409 g/mol. The predicted octanol–water partition coefficient (Wildman–Crippen LogP) is 4.67. The van der Waals surface area contributed by atoms with Gasteiger partial charge in [0.1, 0.15) is 5.56 Å². The van der Waals surface area contributed by atoms with Crippen molar-refractivity contribution in [3.05, 3.63) is 74.4 Å². The Hall–Kier alpha value is -3.41.